The van der Waals surface area contributed by atoms with Crippen LogP contribution in [0.5, 0.6) is 0 Å². The van der Waals surface area contributed by atoms with E-state index in [1.807, 2.05) is 19.1 Å². The third kappa shape index (κ3) is 5.09. The molecular formula is C19H25N7O3. The van der Waals surface area contributed by atoms with Crippen molar-refractivity contribution in [2.75, 3.05) is 11.9 Å². The van der Waals surface area contributed by atoms with E-state index in [1.54, 1.807) is 6.07 Å². The van der Waals surface area contributed by atoms with Crippen LogP contribution < -0.4 is 22.1 Å². The number of aromatic nitrogens is 2. The van der Waals surface area contributed by atoms with Crippen LogP contribution in [-0.2, 0) is 4.79 Å². The molecule has 1 aromatic carbocycles. The monoisotopic (exact) mass is 399 g/mol. The number of carbonyl (C=O) groups excluding carboxylic acids is 1. The fraction of sp³-hybridized carbons (Fsp3) is 0.421. The van der Waals surface area contributed by atoms with E-state index in [0.717, 1.165) is 36.6 Å². The van der Waals surface area contributed by atoms with Gasteiger partial charge >= 0.3 is 5.97 Å². The van der Waals surface area contributed by atoms with E-state index in [0.29, 0.717) is 11.3 Å². The molecule has 2 atom stereocenters. The maximum atomic E-state index is 12.3. The van der Waals surface area contributed by atoms with Crippen LogP contribution in [0.4, 0.5) is 5.82 Å². The lowest BCUT2D eigenvalue weighted by Crippen LogP contribution is -2.38. The van der Waals surface area contributed by atoms with Gasteiger partial charge in [0.2, 0.25) is 5.82 Å². The number of carboxylic acids is 1. The standard InChI is InChI=1S/C19H25N7O3/c1-10-6-7-12-11(8-10)16(26-17(23-12)18(29)22-9-15(27)28)24-13-4-2-3-5-14(13)25-19(20)21/h6-8,13-14H,2-5,9H2,1H3,(H,22,29)(H,27,28)(H4,20,21,25)(H,23,24,26). The number of anilines is 1. The summed E-state index contributed by atoms with van der Waals surface area (Å²) < 4.78 is 0. The van der Waals surface area contributed by atoms with E-state index < -0.39 is 18.4 Å². The second kappa shape index (κ2) is 8.72. The lowest BCUT2D eigenvalue weighted by atomic mass is 9.90. The van der Waals surface area contributed by atoms with Gasteiger partial charge in [0.1, 0.15) is 12.4 Å². The molecule has 2 aromatic rings. The molecule has 10 heteroatoms. The zero-order chi connectivity index (χ0) is 21.0. The van der Waals surface area contributed by atoms with E-state index in [9.17, 15) is 9.59 Å². The fourth-order valence-corrected chi connectivity index (χ4v) is 3.49. The van der Waals surface area contributed by atoms with Crippen molar-refractivity contribution < 1.29 is 14.7 Å². The molecule has 1 saturated carbocycles. The van der Waals surface area contributed by atoms with Gasteiger partial charge in [-0.25, -0.2) is 15.0 Å². The Kier molecular flexibility index (Phi) is 6.10. The van der Waals surface area contributed by atoms with E-state index in [-0.39, 0.29) is 23.9 Å². The van der Waals surface area contributed by atoms with Crippen LogP contribution >= 0.6 is 0 Å². The first-order valence-corrected chi connectivity index (χ1v) is 9.47. The molecule has 7 N–H and O–H groups in total. The van der Waals surface area contributed by atoms with Gasteiger partial charge in [0.05, 0.1) is 17.6 Å². The highest BCUT2D eigenvalue weighted by Gasteiger charge is 2.26. The molecule has 1 aliphatic rings. The molecule has 1 aromatic heterocycles. The Morgan fingerprint density at radius 1 is 1.24 bits per heavy atom. The molecular weight excluding hydrogens is 374 g/mol. The Balaban J connectivity index is 1.97. The third-order valence-corrected chi connectivity index (χ3v) is 4.82. The zero-order valence-electron chi connectivity index (χ0n) is 16.2. The second-order valence-corrected chi connectivity index (χ2v) is 7.15. The minimum atomic E-state index is -1.14. The van der Waals surface area contributed by atoms with Crippen molar-refractivity contribution in [2.45, 2.75) is 44.7 Å². The average molecular weight is 399 g/mol. The summed E-state index contributed by atoms with van der Waals surface area (Å²) in [6, 6.07) is 5.50. The number of aliphatic imine (C=N–C) groups is 1. The second-order valence-electron chi connectivity index (χ2n) is 7.15. The summed E-state index contributed by atoms with van der Waals surface area (Å²) in [5.74, 6) is -1.35. The van der Waals surface area contributed by atoms with E-state index in [2.05, 4.69) is 25.6 Å². The highest BCUT2D eigenvalue weighted by atomic mass is 16.4. The number of carbonyl (C=O) groups is 2. The first kappa shape index (κ1) is 20.3. The summed E-state index contributed by atoms with van der Waals surface area (Å²) in [4.78, 5) is 36.1. The molecule has 1 amide bonds. The van der Waals surface area contributed by atoms with E-state index in [4.69, 9.17) is 16.6 Å². The summed E-state index contributed by atoms with van der Waals surface area (Å²) in [6.07, 6.45) is 3.77. The highest BCUT2D eigenvalue weighted by Crippen LogP contribution is 2.28. The quantitative estimate of drug-likeness (QED) is 0.350. The van der Waals surface area contributed by atoms with Crippen LogP contribution in [0.1, 0.15) is 41.9 Å². The van der Waals surface area contributed by atoms with Crippen LogP contribution in [-0.4, -0.2) is 51.5 Å². The van der Waals surface area contributed by atoms with Crippen molar-refractivity contribution in [3.63, 3.8) is 0 Å². The van der Waals surface area contributed by atoms with Crippen LogP contribution in [0.2, 0.25) is 0 Å². The number of aliphatic carboxylic acids is 1. The number of carboxylic acid groups (broad SMARTS) is 1. The van der Waals surface area contributed by atoms with Gasteiger partial charge in [-0.2, -0.15) is 0 Å². The van der Waals surface area contributed by atoms with Gasteiger partial charge in [-0.3, -0.25) is 9.59 Å². The maximum absolute atomic E-state index is 12.3. The molecule has 0 aliphatic heterocycles. The van der Waals surface area contributed by atoms with Gasteiger partial charge in [-0.05, 0) is 31.9 Å². The van der Waals surface area contributed by atoms with Crippen LogP contribution in [0, 0.1) is 6.92 Å². The number of nitrogens with two attached hydrogens (primary N) is 2. The van der Waals surface area contributed by atoms with Gasteiger partial charge in [0.15, 0.2) is 5.96 Å². The van der Waals surface area contributed by atoms with Crippen molar-refractivity contribution in [3.05, 3.63) is 29.6 Å². The van der Waals surface area contributed by atoms with Crippen molar-refractivity contribution >= 4 is 34.6 Å². The molecule has 10 nitrogen and oxygen atoms in total. The summed E-state index contributed by atoms with van der Waals surface area (Å²) in [5.41, 5.74) is 12.8. The fourth-order valence-electron chi connectivity index (χ4n) is 3.49. The van der Waals surface area contributed by atoms with Crippen molar-refractivity contribution in [1.82, 2.24) is 15.3 Å². The Labute approximate surface area is 167 Å². The number of benzene rings is 1. The molecule has 0 spiro atoms. The topological polar surface area (TPSA) is 169 Å². The number of hydrogen-bond donors (Lipinski definition) is 5. The lowest BCUT2D eigenvalue weighted by molar-refractivity contribution is -0.135. The molecule has 1 fully saturated rings. The summed E-state index contributed by atoms with van der Waals surface area (Å²) in [7, 11) is 0. The molecule has 3 rings (SSSR count). The highest BCUT2D eigenvalue weighted by molar-refractivity contribution is 5.97. The van der Waals surface area contributed by atoms with Gasteiger partial charge in [0, 0.05) is 5.39 Å². The Morgan fingerprint density at radius 2 is 2.00 bits per heavy atom. The minimum absolute atomic E-state index is 0.0422. The third-order valence-electron chi connectivity index (χ3n) is 4.82. The van der Waals surface area contributed by atoms with Gasteiger partial charge in [0.25, 0.3) is 5.91 Å². The normalized spacial score (nSPS) is 18.8. The number of amides is 1. The number of rotatable bonds is 6. The van der Waals surface area contributed by atoms with Crippen LogP contribution in [0.3, 0.4) is 0 Å². The lowest BCUT2D eigenvalue weighted by Gasteiger charge is -2.30. The predicted octanol–water partition coefficient (Wildman–Crippen LogP) is 0.749. The van der Waals surface area contributed by atoms with Crippen LogP contribution in [0.25, 0.3) is 10.9 Å². The molecule has 1 heterocycles. The van der Waals surface area contributed by atoms with Crippen molar-refractivity contribution in [3.8, 4) is 0 Å². The first-order valence-electron chi connectivity index (χ1n) is 9.47. The number of fused-ring (bicyclic) bond motifs is 1. The molecule has 2 unspecified atom stereocenters. The van der Waals surface area contributed by atoms with Gasteiger partial charge < -0.3 is 27.2 Å². The predicted molar refractivity (Wildman–Crippen MR) is 110 cm³/mol. The molecule has 0 radical (unpaired) electrons. The number of aryl methyl sites for hydroxylation is 1. The summed E-state index contributed by atoms with van der Waals surface area (Å²) >= 11 is 0. The number of nitrogens with one attached hydrogen (secondary N) is 2. The molecule has 0 saturated heterocycles. The summed E-state index contributed by atoms with van der Waals surface area (Å²) in [6.45, 7) is 1.45. The van der Waals surface area contributed by atoms with Gasteiger partial charge in [-0.15, -0.1) is 0 Å². The maximum Gasteiger partial charge on any atom is 0.322 e. The molecule has 1 aliphatic carbocycles. The number of guanidine groups is 1. The Hall–Kier alpha value is -3.43. The van der Waals surface area contributed by atoms with Crippen LogP contribution in [0.15, 0.2) is 23.2 Å². The first-order chi connectivity index (χ1) is 13.8. The molecule has 0 bridgehead atoms. The van der Waals surface area contributed by atoms with Crippen molar-refractivity contribution in [1.29, 1.82) is 0 Å². The molecule has 29 heavy (non-hydrogen) atoms. The number of nitrogens with zero attached hydrogens (tertiary/aromatic N) is 3. The van der Waals surface area contributed by atoms with E-state index in [1.165, 1.54) is 0 Å². The average Bonchev–Trinajstić information content (AvgIpc) is 2.67. The summed E-state index contributed by atoms with van der Waals surface area (Å²) in [5, 5.41) is 15.3. The SMILES string of the molecule is Cc1ccc2nc(C(=O)NCC(=O)O)nc(NC3CCCCC3N=C(N)N)c2c1. The zero-order valence-corrected chi connectivity index (χ0v) is 16.2. The van der Waals surface area contributed by atoms with E-state index >= 15 is 0 Å². The van der Waals surface area contributed by atoms with Gasteiger partial charge in [-0.1, -0.05) is 24.5 Å². The van der Waals surface area contributed by atoms with Crippen molar-refractivity contribution in [2.24, 2.45) is 16.5 Å². The smallest absolute Gasteiger partial charge is 0.322 e. The number of hydrogen-bond acceptors (Lipinski definition) is 6. The Bertz CT molecular complexity index is 956. The molecule has 154 valence electrons. The Morgan fingerprint density at radius 3 is 2.72 bits per heavy atom. The largest absolute Gasteiger partial charge is 0.480 e. The minimum Gasteiger partial charge on any atom is -0.480 e.